The molecular formula is C8H10F2. The molecule has 0 nitrogen and oxygen atoms in total. The Balaban J connectivity index is 3.80. The number of rotatable bonds is 3. The Hall–Kier alpha value is -0.880. The van der Waals surface area contributed by atoms with Gasteiger partial charge in [0.2, 0.25) is 6.43 Å². The van der Waals surface area contributed by atoms with Crippen LogP contribution in [0.5, 0.6) is 0 Å². The number of hydrogen-bond donors (Lipinski definition) is 0. The molecule has 0 saturated heterocycles. The minimum absolute atomic E-state index is 0.190. The molecule has 0 aliphatic heterocycles. The molecule has 0 aromatic heterocycles. The molecule has 0 amide bonds. The maximum Gasteiger partial charge on any atom is 0.242 e. The molecule has 0 atom stereocenters. The van der Waals surface area contributed by atoms with Gasteiger partial charge in [-0.1, -0.05) is 12.7 Å². The molecule has 2 heteroatoms. The molecule has 0 saturated carbocycles. The summed E-state index contributed by atoms with van der Waals surface area (Å²) in [6.45, 7) is 5.06. The van der Waals surface area contributed by atoms with Gasteiger partial charge in [0.25, 0.3) is 0 Å². The summed E-state index contributed by atoms with van der Waals surface area (Å²) in [5, 5.41) is 0. The van der Waals surface area contributed by atoms with Crippen molar-refractivity contribution >= 4 is 0 Å². The molecule has 0 unspecified atom stereocenters. The molecule has 0 rings (SSSR count). The summed E-state index contributed by atoms with van der Waals surface area (Å²) in [6, 6.07) is 0. The van der Waals surface area contributed by atoms with Crippen molar-refractivity contribution < 1.29 is 8.78 Å². The lowest BCUT2D eigenvalue weighted by atomic mass is 10.2. The molecule has 0 aromatic carbocycles. The van der Waals surface area contributed by atoms with E-state index in [2.05, 4.69) is 12.3 Å². The Morgan fingerprint density at radius 2 is 2.30 bits per heavy atom. The van der Waals surface area contributed by atoms with Gasteiger partial charge in [-0.25, -0.2) is 8.78 Å². The normalized spacial score (nSPS) is 11.4. The fourth-order valence-electron chi connectivity index (χ4n) is 0.495. The van der Waals surface area contributed by atoms with Crippen molar-refractivity contribution in [2.24, 2.45) is 0 Å². The van der Waals surface area contributed by atoms with Crippen LogP contribution in [0.2, 0.25) is 0 Å². The second kappa shape index (κ2) is 4.95. The maximum absolute atomic E-state index is 11.5. The van der Waals surface area contributed by atoms with Crippen molar-refractivity contribution in [2.45, 2.75) is 19.8 Å². The third-order valence-corrected chi connectivity index (χ3v) is 0.948. The molecule has 0 aliphatic carbocycles. The summed E-state index contributed by atoms with van der Waals surface area (Å²) in [5.74, 6) is 0. The molecule has 0 aliphatic rings. The molecular weight excluding hydrogens is 134 g/mol. The predicted octanol–water partition coefficient (Wildman–Crippen LogP) is 2.93. The van der Waals surface area contributed by atoms with E-state index in [4.69, 9.17) is 0 Å². The zero-order valence-corrected chi connectivity index (χ0v) is 5.90. The monoisotopic (exact) mass is 144 g/mol. The smallest absolute Gasteiger partial charge is 0.210 e. The SMILES string of the molecule is C=C=CC(C)=CCC(F)F. The molecule has 0 spiro atoms. The lowest BCUT2D eigenvalue weighted by molar-refractivity contribution is 0.152. The average Bonchev–Trinajstić information content (AvgIpc) is 1.85. The van der Waals surface area contributed by atoms with E-state index < -0.39 is 6.43 Å². The fourth-order valence-corrected chi connectivity index (χ4v) is 0.495. The standard InChI is InChI=1S/C8H10F2/c1-3-4-7(2)5-6-8(9)10/h4-5,8H,1,6H2,2H3. The minimum atomic E-state index is -2.26. The van der Waals surface area contributed by atoms with Gasteiger partial charge in [-0.3, -0.25) is 0 Å². The van der Waals surface area contributed by atoms with Gasteiger partial charge in [0.1, 0.15) is 0 Å². The molecule has 0 fully saturated rings. The second-order valence-corrected chi connectivity index (χ2v) is 1.92. The van der Waals surface area contributed by atoms with Gasteiger partial charge in [0, 0.05) is 6.42 Å². The predicted molar refractivity (Wildman–Crippen MR) is 38.1 cm³/mol. The Morgan fingerprint density at radius 3 is 2.70 bits per heavy atom. The van der Waals surface area contributed by atoms with Crippen molar-refractivity contribution in [1.82, 2.24) is 0 Å². The van der Waals surface area contributed by atoms with E-state index in [-0.39, 0.29) is 6.42 Å². The third kappa shape index (κ3) is 5.26. The first-order chi connectivity index (χ1) is 4.66. The van der Waals surface area contributed by atoms with Crippen molar-refractivity contribution in [1.29, 1.82) is 0 Å². The lowest BCUT2D eigenvalue weighted by Gasteiger charge is -1.91. The topological polar surface area (TPSA) is 0 Å². The number of halogens is 2. The van der Waals surface area contributed by atoms with E-state index in [0.717, 1.165) is 5.57 Å². The van der Waals surface area contributed by atoms with E-state index >= 15 is 0 Å². The average molecular weight is 144 g/mol. The van der Waals surface area contributed by atoms with Crippen LogP contribution in [0.15, 0.2) is 30.0 Å². The van der Waals surface area contributed by atoms with Gasteiger partial charge >= 0.3 is 0 Å². The Bertz CT molecular complexity index is 162. The van der Waals surface area contributed by atoms with E-state index in [1.165, 1.54) is 6.08 Å². The van der Waals surface area contributed by atoms with E-state index in [1.807, 2.05) is 0 Å². The highest BCUT2D eigenvalue weighted by Crippen LogP contribution is 2.03. The number of allylic oxidation sites excluding steroid dienone is 3. The number of hydrogen-bond acceptors (Lipinski definition) is 0. The molecule has 0 heterocycles. The van der Waals surface area contributed by atoms with E-state index in [0.29, 0.717) is 0 Å². The summed E-state index contributed by atoms with van der Waals surface area (Å²) >= 11 is 0. The maximum atomic E-state index is 11.5. The first kappa shape index (κ1) is 9.12. The lowest BCUT2D eigenvalue weighted by Crippen LogP contribution is -1.85. The van der Waals surface area contributed by atoms with Crippen LogP contribution >= 0.6 is 0 Å². The Kier molecular flexibility index (Phi) is 4.51. The molecule has 10 heavy (non-hydrogen) atoms. The van der Waals surface area contributed by atoms with Crippen molar-refractivity contribution in [3.8, 4) is 0 Å². The summed E-state index contributed by atoms with van der Waals surface area (Å²) in [4.78, 5) is 0. The Morgan fingerprint density at radius 1 is 1.70 bits per heavy atom. The first-order valence-corrected chi connectivity index (χ1v) is 2.97. The minimum Gasteiger partial charge on any atom is -0.210 e. The summed E-state index contributed by atoms with van der Waals surface area (Å²) in [7, 11) is 0. The van der Waals surface area contributed by atoms with Crippen LogP contribution in [0.4, 0.5) is 8.78 Å². The van der Waals surface area contributed by atoms with E-state index in [1.54, 1.807) is 13.0 Å². The third-order valence-electron chi connectivity index (χ3n) is 0.948. The van der Waals surface area contributed by atoms with Crippen LogP contribution in [0, 0.1) is 0 Å². The number of alkyl halides is 2. The molecule has 0 aromatic rings. The second-order valence-electron chi connectivity index (χ2n) is 1.92. The molecule has 56 valence electrons. The van der Waals surface area contributed by atoms with Crippen molar-refractivity contribution in [3.05, 3.63) is 30.0 Å². The highest BCUT2D eigenvalue weighted by Gasteiger charge is 1.96. The Labute approximate surface area is 59.6 Å². The first-order valence-electron chi connectivity index (χ1n) is 2.97. The largest absolute Gasteiger partial charge is 0.242 e. The fraction of sp³-hybridized carbons (Fsp3) is 0.375. The summed E-state index contributed by atoms with van der Waals surface area (Å²) < 4.78 is 23.1. The van der Waals surface area contributed by atoms with Gasteiger partial charge in [0.15, 0.2) is 0 Å². The van der Waals surface area contributed by atoms with Crippen LogP contribution in [0.25, 0.3) is 0 Å². The van der Waals surface area contributed by atoms with Gasteiger partial charge in [-0.05, 0) is 18.6 Å². The van der Waals surface area contributed by atoms with Crippen LogP contribution in [-0.4, -0.2) is 6.43 Å². The van der Waals surface area contributed by atoms with Crippen LogP contribution < -0.4 is 0 Å². The molecule has 0 N–H and O–H groups in total. The van der Waals surface area contributed by atoms with Gasteiger partial charge in [-0.15, -0.1) is 5.73 Å². The summed E-state index contributed by atoms with van der Waals surface area (Å²) in [5.41, 5.74) is 3.28. The van der Waals surface area contributed by atoms with Crippen molar-refractivity contribution in [3.63, 3.8) is 0 Å². The van der Waals surface area contributed by atoms with Crippen LogP contribution in [0.1, 0.15) is 13.3 Å². The van der Waals surface area contributed by atoms with Crippen LogP contribution in [0.3, 0.4) is 0 Å². The molecule has 0 bridgehead atoms. The highest BCUT2D eigenvalue weighted by molar-refractivity contribution is 5.14. The van der Waals surface area contributed by atoms with Crippen molar-refractivity contribution in [2.75, 3.05) is 0 Å². The molecule has 0 radical (unpaired) electrons. The van der Waals surface area contributed by atoms with E-state index in [9.17, 15) is 8.78 Å². The zero-order valence-electron chi connectivity index (χ0n) is 5.90. The van der Waals surface area contributed by atoms with Crippen LogP contribution in [-0.2, 0) is 0 Å². The quantitative estimate of drug-likeness (QED) is 0.422. The highest BCUT2D eigenvalue weighted by atomic mass is 19.3. The van der Waals surface area contributed by atoms with Gasteiger partial charge in [-0.2, -0.15) is 0 Å². The van der Waals surface area contributed by atoms with Gasteiger partial charge < -0.3 is 0 Å². The summed E-state index contributed by atoms with van der Waals surface area (Å²) in [6.07, 6.45) is 0.586. The zero-order chi connectivity index (χ0) is 7.98. The van der Waals surface area contributed by atoms with Gasteiger partial charge in [0.05, 0.1) is 0 Å².